The molecule has 0 atom stereocenters. The number of nitrogens with zero attached hydrogens (tertiary/aromatic N) is 6. The molecule has 254 valence electrons. The van der Waals surface area contributed by atoms with Crippen molar-refractivity contribution >= 4 is 27.5 Å². The van der Waals surface area contributed by atoms with Crippen molar-refractivity contribution in [2.45, 2.75) is 103 Å². The third-order valence-electron chi connectivity index (χ3n) is 10.7. The molecule has 1 aromatic heterocycles. The van der Waals surface area contributed by atoms with Crippen molar-refractivity contribution in [3.63, 3.8) is 0 Å². The van der Waals surface area contributed by atoms with Gasteiger partial charge in [0.1, 0.15) is 0 Å². The maximum atomic E-state index is 12.6. The van der Waals surface area contributed by atoms with E-state index < -0.39 is 10.0 Å². The SMILES string of the molecule is CS(=O)(=O)N1CCc2c(c(-c3ccc(Cl)c(CCCCN4CCCCCC4)c3)nn2CCCN2CCC(N3CCCC3=O)CC2)C1. The normalized spacial score (nSPS) is 21.2. The van der Waals surface area contributed by atoms with E-state index in [9.17, 15) is 13.2 Å². The van der Waals surface area contributed by atoms with Gasteiger partial charge < -0.3 is 14.7 Å². The van der Waals surface area contributed by atoms with Crippen molar-refractivity contribution in [1.82, 2.24) is 28.8 Å². The zero-order valence-electron chi connectivity index (χ0n) is 27.8. The van der Waals surface area contributed by atoms with E-state index in [4.69, 9.17) is 16.7 Å². The van der Waals surface area contributed by atoms with Gasteiger partial charge in [-0.05, 0) is 102 Å². The molecular formula is C35H53ClN6O3S. The first-order chi connectivity index (χ1) is 22.3. The molecule has 4 aliphatic rings. The highest BCUT2D eigenvalue weighted by Gasteiger charge is 2.32. The van der Waals surface area contributed by atoms with E-state index in [-0.39, 0.29) is 0 Å². The van der Waals surface area contributed by atoms with E-state index in [0.29, 0.717) is 37.9 Å². The minimum Gasteiger partial charge on any atom is -0.340 e. The number of halogens is 1. The number of sulfonamides is 1. The number of hydrogen-bond acceptors (Lipinski definition) is 6. The van der Waals surface area contributed by atoms with Gasteiger partial charge in [0.2, 0.25) is 15.9 Å². The number of carbonyl (C=O) groups excluding carboxylic acids is 1. The van der Waals surface area contributed by atoms with Crippen LogP contribution in [0, 0.1) is 0 Å². The highest BCUT2D eigenvalue weighted by atomic mass is 35.5. The van der Waals surface area contributed by atoms with Gasteiger partial charge in [-0.15, -0.1) is 0 Å². The van der Waals surface area contributed by atoms with Crippen LogP contribution in [0.2, 0.25) is 5.02 Å². The van der Waals surface area contributed by atoms with Crippen LogP contribution in [0.1, 0.15) is 87.4 Å². The molecule has 6 rings (SSSR count). The number of benzene rings is 1. The van der Waals surface area contributed by atoms with Gasteiger partial charge in [-0.2, -0.15) is 9.40 Å². The van der Waals surface area contributed by atoms with Gasteiger partial charge in [-0.3, -0.25) is 9.48 Å². The molecule has 0 unspecified atom stereocenters. The monoisotopic (exact) mass is 672 g/mol. The summed E-state index contributed by atoms with van der Waals surface area (Å²) in [6, 6.07) is 6.64. The Labute approximate surface area is 281 Å². The summed E-state index contributed by atoms with van der Waals surface area (Å²) in [6.07, 6.45) is 15.4. The van der Waals surface area contributed by atoms with Crippen molar-refractivity contribution in [2.24, 2.45) is 0 Å². The Hall–Kier alpha value is -1.98. The smallest absolute Gasteiger partial charge is 0.222 e. The molecule has 1 aromatic carbocycles. The molecule has 0 saturated carbocycles. The molecule has 46 heavy (non-hydrogen) atoms. The Morgan fingerprint density at radius 1 is 0.848 bits per heavy atom. The van der Waals surface area contributed by atoms with Gasteiger partial charge in [-0.25, -0.2) is 8.42 Å². The van der Waals surface area contributed by atoms with Gasteiger partial charge in [0.25, 0.3) is 0 Å². The number of hydrogen-bond donors (Lipinski definition) is 0. The van der Waals surface area contributed by atoms with Crippen molar-refractivity contribution in [3.8, 4) is 11.3 Å². The second kappa shape index (κ2) is 15.5. The fourth-order valence-corrected chi connectivity index (χ4v) is 9.04. The van der Waals surface area contributed by atoms with Crippen molar-refractivity contribution in [3.05, 3.63) is 40.0 Å². The standard InChI is InChI=1S/C35H53ClN6O3S/c1-46(44,45)40-25-16-33-31(27-40)35(29-12-13-32(36)28(26-29)10-4-7-19-38-17-5-2-3-6-18-38)37-42(33)22-9-20-39-23-14-30(15-24-39)41-21-8-11-34(41)43/h12-13,26,30H,2-11,14-25,27H2,1H3. The van der Waals surface area contributed by atoms with E-state index in [1.54, 1.807) is 4.31 Å². The molecule has 0 aliphatic carbocycles. The Morgan fingerprint density at radius 2 is 1.59 bits per heavy atom. The van der Waals surface area contributed by atoms with Crippen LogP contribution in [0.4, 0.5) is 0 Å². The molecule has 3 fully saturated rings. The van der Waals surface area contributed by atoms with Crippen LogP contribution in [0.15, 0.2) is 18.2 Å². The van der Waals surface area contributed by atoms with Crippen LogP contribution in [-0.2, 0) is 40.7 Å². The van der Waals surface area contributed by atoms with E-state index in [1.165, 1.54) is 51.4 Å². The van der Waals surface area contributed by atoms with Gasteiger partial charge in [0.15, 0.2) is 0 Å². The second-order valence-electron chi connectivity index (χ2n) is 14.0. The maximum Gasteiger partial charge on any atom is 0.222 e. The molecule has 0 bridgehead atoms. The first kappa shape index (κ1) is 33.9. The quantitative estimate of drug-likeness (QED) is 0.289. The van der Waals surface area contributed by atoms with Crippen LogP contribution in [0.5, 0.6) is 0 Å². The average molecular weight is 673 g/mol. The molecular weight excluding hydrogens is 620 g/mol. The number of piperidine rings is 1. The van der Waals surface area contributed by atoms with Crippen molar-refractivity contribution in [1.29, 1.82) is 0 Å². The molecule has 11 heteroatoms. The third-order valence-corrected chi connectivity index (χ3v) is 12.3. The highest BCUT2D eigenvalue weighted by molar-refractivity contribution is 7.88. The summed E-state index contributed by atoms with van der Waals surface area (Å²) in [5, 5.41) is 5.95. The van der Waals surface area contributed by atoms with Crippen LogP contribution >= 0.6 is 11.6 Å². The summed E-state index contributed by atoms with van der Waals surface area (Å²) in [7, 11) is -3.31. The lowest BCUT2D eigenvalue weighted by Gasteiger charge is -2.36. The van der Waals surface area contributed by atoms with Gasteiger partial charge in [0, 0.05) is 80.0 Å². The highest BCUT2D eigenvalue weighted by Crippen LogP contribution is 2.34. The number of rotatable bonds is 12. The Morgan fingerprint density at radius 3 is 2.30 bits per heavy atom. The Bertz CT molecular complexity index is 1450. The third kappa shape index (κ3) is 8.35. The number of aryl methyl sites for hydroxylation is 2. The lowest BCUT2D eigenvalue weighted by Crippen LogP contribution is -2.45. The van der Waals surface area contributed by atoms with E-state index in [2.05, 4.69) is 25.4 Å². The first-order valence-electron chi connectivity index (χ1n) is 17.8. The first-order valence-corrected chi connectivity index (χ1v) is 20.1. The Kier molecular flexibility index (Phi) is 11.4. The van der Waals surface area contributed by atoms with Gasteiger partial charge in [-0.1, -0.05) is 30.5 Å². The van der Waals surface area contributed by atoms with Crippen molar-refractivity contribution < 1.29 is 13.2 Å². The summed E-state index contributed by atoms with van der Waals surface area (Å²) in [6.45, 7) is 9.28. The minimum absolute atomic E-state index is 0.336. The number of fused-ring (bicyclic) bond motifs is 1. The fraction of sp³-hybridized carbons (Fsp3) is 0.714. The molecule has 3 saturated heterocycles. The molecule has 0 spiro atoms. The summed E-state index contributed by atoms with van der Waals surface area (Å²) in [4.78, 5) is 19.5. The fourth-order valence-electron chi connectivity index (χ4n) is 8.04. The Balaban J connectivity index is 1.11. The number of likely N-dealkylation sites (tertiary alicyclic amines) is 3. The van der Waals surface area contributed by atoms with E-state index >= 15 is 0 Å². The largest absolute Gasteiger partial charge is 0.340 e. The molecule has 5 heterocycles. The lowest BCUT2D eigenvalue weighted by atomic mass is 9.99. The van der Waals surface area contributed by atoms with Crippen LogP contribution < -0.4 is 0 Å². The van der Waals surface area contributed by atoms with Crippen LogP contribution in [0.3, 0.4) is 0 Å². The summed E-state index contributed by atoms with van der Waals surface area (Å²) >= 11 is 6.71. The number of amides is 1. The summed E-state index contributed by atoms with van der Waals surface area (Å²) < 4.78 is 28.8. The predicted octanol–water partition coefficient (Wildman–Crippen LogP) is 5.20. The topological polar surface area (TPSA) is 82.0 Å². The van der Waals surface area contributed by atoms with E-state index in [1.807, 2.05) is 12.1 Å². The maximum absolute atomic E-state index is 12.6. The molecule has 0 radical (unpaired) electrons. The molecule has 1 amide bonds. The zero-order valence-corrected chi connectivity index (χ0v) is 29.3. The van der Waals surface area contributed by atoms with Gasteiger partial charge >= 0.3 is 0 Å². The molecule has 2 aromatic rings. The zero-order chi connectivity index (χ0) is 32.1. The number of unbranched alkanes of at least 4 members (excludes halogenated alkanes) is 1. The van der Waals surface area contributed by atoms with Crippen LogP contribution in [0.25, 0.3) is 11.3 Å². The number of aromatic nitrogens is 2. The molecule has 9 nitrogen and oxygen atoms in total. The summed E-state index contributed by atoms with van der Waals surface area (Å²) in [5.41, 5.74) is 5.25. The average Bonchev–Trinajstić information content (AvgIpc) is 3.53. The molecule has 0 N–H and O–H groups in total. The number of carbonyl (C=O) groups is 1. The van der Waals surface area contributed by atoms with Crippen molar-refractivity contribution in [2.75, 3.05) is 58.6 Å². The predicted molar refractivity (Wildman–Crippen MR) is 185 cm³/mol. The van der Waals surface area contributed by atoms with Gasteiger partial charge in [0.05, 0.1) is 11.9 Å². The van der Waals surface area contributed by atoms with Crippen LogP contribution in [-0.4, -0.2) is 108 Å². The van der Waals surface area contributed by atoms with E-state index in [0.717, 1.165) is 111 Å². The lowest BCUT2D eigenvalue weighted by molar-refractivity contribution is -0.130. The molecule has 4 aliphatic heterocycles. The minimum atomic E-state index is -3.31. The second-order valence-corrected chi connectivity index (χ2v) is 16.4. The summed E-state index contributed by atoms with van der Waals surface area (Å²) in [5.74, 6) is 0.336.